The number of nitrogens with one attached hydrogen (secondary N) is 1. The number of nitrogens with zero attached hydrogens (tertiary/aromatic N) is 2. The molecule has 0 amide bonds. The average molecular weight is 354 g/mol. The summed E-state index contributed by atoms with van der Waals surface area (Å²) < 4.78 is 2.18. The van der Waals surface area contributed by atoms with Crippen LogP contribution in [0, 0.1) is 0 Å². The third-order valence-electron chi connectivity index (χ3n) is 3.94. The van der Waals surface area contributed by atoms with Crippen molar-refractivity contribution in [2.24, 2.45) is 0 Å². The molecular weight excluding hydrogens is 338 g/mol. The van der Waals surface area contributed by atoms with Crippen molar-refractivity contribution in [3.8, 4) is 0 Å². The van der Waals surface area contributed by atoms with Gasteiger partial charge in [0.15, 0.2) is 0 Å². The van der Waals surface area contributed by atoms with Crippen LogP contribution in [0.1, 0.15) is 10.4 Å². The molecule has 1 N–H and O–H groups in total. The van der Waals surface area contributed by atoms with Crippen LogP contribution in [0.4, 0.5) is 5.95 Å². The van der Waals surface area contributed by atoms with Gasteiger partial charge in [0.1, 0.15) is 0 Å². The Morgan fingerprint density at radius 3 is 2.67 bits per heavy atom. The molecule has 0 aliphatic heterocycles. The zero-order chi connectivity index (χ0) is 16.4. The van der Waals surface area contributed by atoms with Gasteiger partial charge < -0.3 is 9.88 Å². The van der Waals surface area contributed by atoms with Crippen LogP contribution >= 0.6 is 22.9 Å². The van der Waals surface area contributed by atoms with Crippen LogP contribution in [0.2, 0.25) is 5.02 Å². The first kappa shape index (κ1) is 15.2. The third kappa shape index (κ3) is 3.03. The Kier molecular flexibility index (Phi) is 4.24. The summed E-state index contributed by atoms with van der Waals surface area (Å²) in [5.74, 6) is 0.865. The highest BCUT2D eigenvalue weighted by Gasteiger charge is 2.12. The number of fused-ring (bicyclic) bond motifs is 1. The van der Waals surface area contributed by atoms with E-state index in [1.165, 1.54) is 4.88 Å². The van der Waals surface area contributed by atoms with E-state index in [-0.39, 0.29) is 0 Å². The van der Waals surface area contributed by atoms with Crippen LogP contribution in [0.5, 0.6) is 0 Å². The SMILES string of the molecule is Clc1ccccc1Cn1c(NCc2cccs2)nc2ccccc21. The lowest BCUT2D eigenvalue weighted by Crippen LogP contribution is -2.08. The van der Waals surface area contributed by atoms with Crippen molar-refractivity contribution >= 4 is 39.9 Å². The molecule has 120 valence electrons. The number of hydrogen-bond acceptors (Lipinski definition) is 3. The van der Waals surface area contributed by atoms with Gasteiger partial charge in [-0.3, -0.25) is 0 Å². The molecular formula is C19H16ClN3S. The van der Waals surface area contributed by atoms with Gasteiger partial charge in [0, 0.05) is 9.90 Å². The van der Waals surface area contributed by atoms with Gasteiger partial charge in [-0.15, -0.1) is 11.3 Å². The van der Waals surface area contributed by atoms with Crippen LogP contribution in [-0.2, 0) is 13.1 Å². The van der Waals surface area contributed by atoms with E-state index in [0.717, 1.165) is 34.1 Å². The van der Waals surface area contributed by atoms with Crippen molar-refractivity contribution in [2.45, 2.75) is 13.1 Å². The zero-order valence-electron chi connectivity index (χ0n) is 12.9. The number of imidazole rings is 1. The van der Waals surface area contributed by atoms with Crippen molar-refractivity contribution in [2.75, 3.05) is 5.32 Å². The van der Waals surface area contributed by atoms with Gasteiger partial charge in [-0.2, -0.15) is 0 Å². The summed E-state index contributed by atoms with van der Waals surface area (Å²) >= 11 is 8.09. The number of benzene rings is 2. The van der Waals surface area contributed by atoms with E-state index in [0.29, 0.717) is 6.54 Å². The molecule has 2 heterocycles. The van der Waals surface area contributed by atoms with Crippen LogP contribution in [0.25, 0.3) is 11.0 Å². The number of para-hydroxylation sites is 2. The van der Waals surface area contributed by atoms with E-state index in [9.17, 15) is 0 Å². The van der Waals surface area contributed by atoms with Crippen molar-refractivity contribution in [1.29, 1.82) is 0 Å². The summed E-state index contributed by atoms with van der Waals surface area (Å²) in [6.45, 7) is 1.45. The predicted octanol–water partition coefficient (Wildman–Crippen LogP) is 5.41. The normalized spacial score (nSPS) is 11.0. The maximum absolute atomic E-state index is 6.35. The molecule has 2 aromatic carbocycles. The van der Waals surface area contributed by atoms with Gasteiger partial charge in [-0.25, -0.2) is 4.98 Å². The minimum Gasteiger partial charge on any atom is -0.351 e. The minimum absolute atomic E-state index is 0.687. The quantitative estimate of drug-likeness (QED) is 0.519. The second-order valence-electron chi connectivity index (χ2n) is 5.53. The Labute approximate surface area is 149 Å². The number of aromatic nitrogens is 2. The second-order valence-corrected chi connectivity index (χ2v) is 6.97. The zero-order valence-corrected chi connectivity index (χ0v) is 14.5. The third-order valence-corrected chi connectivity index (χ3v) is 5.19. The van der Waals surface area contributed by atoms with Gasteiger partial charge >= 0.3 is 0 Å². The van der Waals surface area contributed by atoms with Crippen molar-refractivity contribution < 1.29 is 0 Å². The first-order chi connectivity index (χ1) is 11.8. The Balaban J connectivity index is 1.71. The highest BCUT2D eigenvalue weighted by Crippen LogP contribution is 2.24. The number of anilines is 1. The molecule has 3 nitrogen and oxygen atoms in total. The fraction of sp³-hybridized carbons (Fsp3) is 0.105. The van der Waals surface area contributed by atoms with Gasteiger partial charge in [0.2, 0.25) is 5.95 Å². The van der Waals surface area contributed by atoms with E-state index in [1.807, 2.05) is 36.4 Å². The fourth-order valence-electron chi connectivity index (χ4n) is 2.75. The molecule has 0 bridgehead atoms. The smallest absolute Gasteiger partial charge is 0.204 e. The number of thiophene rings is 1. The fourth-order valence-corrected chi connectivity index (χ4v) is 3.59. The first-order valence-electron chi connectivity index (χ1n) is 7.76. The predicted molar refractivity (Wildman–Crippen MR) is 102 cm³/mol. The second kappa shape index (κ2) is 6.67. The molecule has 0 saturated heterocycles. The molecule has 5 heteroatoms. The summed E-state index contributed by atoms with van der Waals surface area (Å²) in [4.78, 5) is 6.03. The monoisotopic (exact) mass is 353 g/mol. The van der Waals surface area contributed by atoms with E-state index in [2.05, 4.69) is 39.5 Å². The molecule has 0 saturated carbocycles. The van der Waals surface area contributed by atoms with Gasteiger partial charge in [-0.1, -0.05) is 48.0 Å². The Morgan fingerprint density at radius 1 is 1.00 bits per heavy atom. The first-order valence-corrected chi connectivity index (χ1v) is 9.02. The van der Waals surface area contributed by atoms with E-state index < -0.39 is 0 Å². The van der Waals surface area contributed by atoms with Gasteiger partial charge in [-0.05, 0) is 35.2 Å². The molecule has 0 radical (unpaired) electrons. The lowest BCUT2D eigenvalue weighted by Gasteiger charge is -2.11. The molecule has 0 aliphatic rings. The molecule has 0 atom stereocenters. The molecule has 24 heavy (non-hydrogen) atoms. The maximum atomic E-state index is 6.35. The topological polar surface area (TPSA) is 29.9 Å². The summed E-state index contributed by atoms with van der Waals surface area (Å²) in [6, 6.07) is 20.3. The van der Waals surface area contributed by atoms with E-state index in [4.69, 9.17) is 16.6 Å². The molecule has 2 aromatic heterocycles. The number of rotatable bonds is 5. The standard InChI is InChI=1S/C19H16ClN3S/c20-16-8-2-1-6-14(16)13-23-18-10-4-3-9-17(18)22-19(23)21-12-15-7-5-11-24-15/h1-11H,12-13H2,(H,21,22). The van der Waals surface area contributed by atoms with Crippen molar-refractivity contribution in [1.82, 2.24) is 9.55 Å². The molecule has 4 aromatic rings. The maximum Gasteiger partial charge on any atom is 0.204 e. The van der Waals surface area contributed by atoms with Crippen molar-refractivity contribution in [3.63, 3.8) is 0 Å². The molecule has 0 spiro atoms. The average Bonchev–Trinajstić information content (AvgIpc) is 3.23. The molecule has 0 unspecified atom stereocenters. The molecule has 0 fully saturated rings. The van der Waals surface area contributed by atoms with Gasteiger partial charge in [0.25, 0.3) is 0 Å². The van der Waals surface area contributed by atoms with E-state index >= 15 is 0 Å². The highest BCUT2D eigenvalue weighted by molar-refractivity contribution is 7.09. The Hall–Kier alpha value is -2.30. The van der Waals surface area contributed by atoms with Crippen LogP contribution < -0.4 is 5.32 Å². The van der Waals surface area contributed by atoms with Crippen molar-refractivity contribution in [3.05, 3.63) is 81.5 Å². The van der Waals surface area contributed by atoms with Crippen LogP contribution in [0.3, 0.4) is 0 Å². The minimum atomic E-state index is 0.687. The number of hydrogen-bond donors (Lipinski definition) is 1. The summed E-state index contributed by atoms with van der Waals surface area (Å²) in [6.07, 6.45) is 0. The summed E-state index contributed by atoms with van der Waals surface area (Å²) in [5, 5.41) is 6.33. The molecule has 0 aliphatic carbocycles. The Morgan fingerprint density at radius 2 is 1.83 bits per heavy atom. The summed E-state index contributed by atoms with van der Waals surface area (Å²) in [7, 11) is 0. The van der Waals surface area contributed by atoms with Gasteiger partial charge in [0.05, 0.1) is 24.1 Å². The molecule has 4 rings (SSSR count). The highest BCUT2D eigenvalue weighted by atomic mass is 35.5. The van der Waals surface area contributed by atoms with E-state index in [1.54, 1.807) is 11.3 Å². The Bertz CT molecular complexity index is 960. The summed E-state index contributed by atoms with van der Waals surface area (Å²) in [5.41, 5.74) is 3.17. The van der Waals surface area contributed by atoms with Crippen LogP contribution in [0.15, 0.2) is 66.0 Å². The largest absolute Gasteiger partial charge is 0.351 e. The van der Waals surface area contributed by atoms with Crippen LogP contribution in [-0.4, -0.2) is 9.55 Å². The number of halogens is 1. The lowest BCUT2D eigenvalue weighted by molar-refractivity contribution is 0.823. The lowest BCUT2D eigenvalue weighted by atomic mass is 10.2.